The molecule has 0 aliphatic carbocycles. The molecule has 2 amide bonds. The summed E-state index contributed by atoms with van der Waals surface area (Å²) in [6.07, 6.45) is 1.50. The lowest BCUT2D eigenvalue weighted by atomic mass is 10.2. The quantitative estimate of drug-likeness (QED) is 0.627. The van der Waals surface area contributed by atoms with E-state index in [2.05, 4.69) is 16.8 Å². The maximum absolute atomic E-state index is 12.3. The molecule has 102 valence electrons. The van der Waals surface area contributed by atoms with Crippen molar-refractivity contribution < 1.29 is 9.59 Å². The summed E-state index contributed by atoms with van der Waals surface area (Å²) in [5, 5.41) is 0. The Morgan fingerprint density at radius 1 is 1.10 bits per heavy atom. The number of hydrogen-bond acceptors (Lipinski definition) is 4. The smallest absolute Gasteiger partial charge is 0.284 e. The van der Waals surface area contributed by atoms with Crippen LogP contribution in [0.1, 0.15) is 26.4 Å². The van der Waals surface area contributed by atoms with Crippen molar-refractivity contribution in [3.8, 4) is 11.8 Å². The molecular weight excluding hydrogens is 266 g/mol. The van der Waals surface area contributed by atoms with Gasteiger partial charge in [0, 0.05) is 11.8 Å². The summed E-state index contributed by atoms with van der Waals surface area (Å²) < 4.78 is 0. The number of carbonyl (C=O) groups is 2. The Morgan fingerprint density at radius 2 is 1.86 bits per heavy atom. The summed E-state index contributed by atoms with van der Waals surface area (Å²) in [6.45, 7) is 0.284. The van der Waals surface area contributed by atoms with Gasteiger partial charge < -0.3 is 5.73 Å². The molecule has 0 fully saturated rings. The molecule has 0 saturated heterocycles. The number of rotatable bonds is 1. The Bertz CT molecular complexity index is 750. The van der Waals surface area contributed by atoms with Crippen LogP contribution in [0.4, 0.5) is 5.69 Å². The molecule has 0 radical (unpaired) electrons. The zero-order chi connectivity index (χ0) is 14.8. The summed E-state index contributed by atoms with van der Waals surface area (Å²) in [7, 11) is 0. The number of amides is 2. The third-order valence-electron chi connectivity index (χ3n) is 3.11. The highest BCUT2D eigenvalue weighted by Crippen LogP contribution is 2.26. The molecule has 0 saturated carbocycles. The Morgan fingerprint density at radius 3 is 2.52 bits per heavy atom. The average Bonchev–Trinajstić information content (AvgIpc) is 2.78. The van der Waals surface area contributed by atoms with Crippen molar-refractivity contribution in [3.63, 3.8) is 0 Å². The number of carbonyl (C=O) groups excluding carboxylic acids is 2. The second kappa shape index (κ2) is 5.19. The Hall–Kier alpha value is -2.97. The number of benzene rings is 1. The third-order valence-corrected chi connectivity index (χ3v) is 3.11. The molecule has 3 rings (SSSR count). The minimum absolute atomic E-state index is 0.189. The van der Waals surface area contributed by atoms with Gasteiger partial charge >= 0.3 is 0 Å². The predicted octanol–water partition coefficient (Wildman–Crippen LogP) is 1.19. The van der Waals surface area contributed by atoms with Gasteiger partial charge in [-0.2, -0.15) is 0 Å². The first-order valence-electron chi connectivity index (χ1n) is 6.35. The summed E-state index contributed by atoms with van der Waals surface area (Å²) >= 11 is 0. The van der Waals surface area contributed by atoms with Crippen LogP contribution >= 0.6 is 0 Å². The highest BCUT2D eigenvalue weighted by Gasteiger charge is 2.37. The van der Waals surface area contributed by atoms with Crippen LogP contribution in [0.2, 0.25) is 0 Å². The maximum atomic E-state index is 12.3. The van der Waals surface area contributed by atoms with Gasteiger partial charge in [-0.05, 0) is 36.4 Å². The van der Waals surface area contributed by atoms with Gasteiger partial charge in [-0.15, -0.1) is 0 Å². The summed E-state index contributed by atoms with van der Waals surface area (Å²) in [5.74, 6) is 4.87. The molecule has 1 aromatic carbocycles. The molecular formula is C16H11N3O2. The van der Waals surface area contributed by atoms with E-state index in [0.29, 0.717) is 11.3 Å². The van der Waals surface area contributed by atoms with Gasteiger partial charge in [0.25, 0.3) is 11.8 Å². The van der Waals surface area contributed by atoms with E-state index < -0.39 is 5.91 Å². The molecule has 0 unspecified atom stereocenters. The number of pyridine rings is 1. The second-order valence-electron chi connectivity index (χ2n) is 4.40. The average molecular weight is 277 g/mol. The van der Waals surface area contributed by atoms with Crippen LogP contribution in [0.3, 0.4) is 0 Å². The molecule has 2 aromatic rings. The Labute approximate surface area is 121 Å². The number of nitrogens with two attached hydrogens (primary N) is 1. The lowest BCUT2D eigenvalue weighted by Crippen LogP contribution is -2.29. The molecule has 0 atom stereocenters. The van der Waals surface area contributed by atoms with Crippen molar-refractivity contribution in [3.05, 3.63) is 59.4 Å². The van der Waals surface area contributed by atoms with Crippen molar-refractivity contribution in [2.24, 2.45) is 5.73 Å². The minimum atomic E-state index is -0.406. The van der Waals surface area contributed by atoms with Crippen LogP contribution in [0.25, 0.3) is 0 Å². The highest BCUT2D eigenvalue weighted by atomic mass is 16.2. The monoisotopic (exact) mass is 277 g/mol. The van der Waals surface area contributed by atoms with Crippen molar-refractivity contribution in [1.29, 1.82) is 0 Å². The van der Waals surface area contributed by atoms with Crippen LogP contribution in [0.15, 0.2) is 42.6 Å². The highest BCUT2D eigenvalue weighted by molar-refractivity contribution is 6.33. The number of aromatic nitrogens is 1. The van der Waals surface area contributed by atoms with Crippen LogP contribution in [0.5, 0.6) is 0 Å². The van der Waals surface area contributed by atoms with Crippen LogP contribution in [-0.4, -0.2) is 23.3 Å². The first-order chi connectivity index (χ1) is 10.2. The van der Waals surface area contributed by atoms with Crippen molar-refractivity contribution in [2.75, 3.05) is 11.4 Å². The van der Waals surface area contributed by atoms with Crippen molar-refractivity contribution >= 4 is 17.5 Å². The first-order valence-corrected chi connectivity index (χ1v) is 6.35. The molecule has 2 heterocycles. The van der Waals surface area contributed by atoms with Crippen LogP contribution in [-0.2, 0) is 0 Å². The molecule has 1 aliphatic rings. The van der Waals surface area contributed by atoms with Gasteiger partial charge in [0.05, 0.1) is 17.8 Å². The topological polar surface area (TPSA) is 76.3 Å². The van der Waals surface area contributed by atoms with E-state index in [0.717, 1.165) is 10.5 Å². The molecule has 1 aromatic heterocycles. The number of fused-ring (bicyclic) bond motifs is 1. The van der Waals surface area contributed by atoms with E-state index in [-0.39, 0.29) is 18.1 Å². The first kappa shape index (κ1) is 13.0. The molecule has 0 bridgehead atoms. The summed E-state index contributed by atoms with van der Waals surface area (Å²) in [6, 6.07) is 10.1. The lowest BCUT2D eigenvalue weighted by molar-refractivity contribution is 0.0924. The normalized spacial score (nSPS) is 12.9. The molecule has 5 nitrogen and oxygen atoms in total. The van der Waals surface area contributed by atoms with Crippen molar-refractivity contribution in [2.45, 2.75) is 0 Å². The fourth-order valence-electron chi connectivity index (χ4n) is 2.15. The largest absolute Gasteiger partial charge is 0.320 e. The zero-order valence-electron chi connectivity index (χ0n) is 11.0. The maximum Gasteiger partial charge on any atom is 0.284 e. The van der Waals surface area contributed by atoms with E-state index in [4.69, 9.17) is 5.73 Å². The number of anilines is 1. The van der Waals surface area contributed by atoms with Gasteiger partial charge in [-0.25, -0.2) is 4.90 Å². The Balaban J connectivity index is 1.96. The number of imide groups is 1. The fraction of sp³-hybridized carbons (Fsp3) is 0.0625. The van der Waals surface area contributed by atoms with Gasteiger partial charge in [0.2, 0.25) is 0 Å². The Kier molecular flexibility index (Phi) is 3.22. The molecule has 5 heteroatoms. The van der Waals surface area contributed by atoms with Crippen LogP contribution in [0, 0.1) is 11.8 Å². The van der Waals surface area contributed by atoms with Gasteiger partial charge in [0.15, 0.2) is 0 Å². The summed E-state index contributed by atoms with van der Waals surface area (Å²) in [4.78, 5) is 29.6. The summed E-state index contributed by atoms with van der Waals surface area (Å²) in [5.41, 5.74) is 7.11. The van der Waals surface area contributed by atoms with E-state index >= 15 is 0 Å². The lowest BCUT2D eigenvalue weighted by Gasteiger charge is -2.13. The van der Waals surface area contributed by atoms with E-state index in [9.17, 15) is 9.59 Å². The van der Waals surface area contributed by atoms with E-state index in [1.165, 1.54) is 6.20 Å². The fourth-order valence-corrected chi connectivity index (χ4v) is 2.15. The van der Waals surface area contributed by atoms with E-state index in [1.807, 2.05) is 0 Å². The van der Waals surface area contributed by atoms with Crippen molar-refractivity contribution in [1.82, 2.24) is 4.98 Å². The number of nitrogens with zero attached hydrogens (tertiary/aromatic N) is 2. The van der Waals surface area contributed by atoms with Gasteiger partial charge in [0.1, 0.15) is 5.69 Å². The standard InChI is InChI=1S/C16H11N3O2/c17-9-1-3-11-5-7-12(8-6-11)19-15(20)13-4-2-10-18-14(13)16(19)21/h2,4-8,10H,9,17H2. The molecule has 0 spiro atoms. The molecule has 1 aliphatic heterocycles. The number of hydrogen-bond donors (Lipinski definition) is 1. The second-order valence-corrected chi connectivity index (χ2v) is 4.40. The van der Waals surface area contributed by atoms with E-state index in [1.54, 1.807) is 36.4 Å². The third kappa shape index (κ3) is 2.18. The molecule has 21 heavy (non-hydrogen) atoms. The zero-order valence-corrected chi connectivity index (χ0v) is 11.0. The predicted molar refractivity (Wildman–Crippen MR) is 77.8 cm³/mol. The van der Waals surface area contributed by atoms with Gasteiger partial charge in [-0.3, -0.25) is 14.6 Å². The minimum Gasteiger partial charge on any atom is -0.320 e. The van der Waals surface area contributed by atoms with Crippen LogP contribution < -0.4 is 10.6 Å². The molecule has 2 N–H and O–H groups in total. The SMILES string of the molecule is NCC#Cc1ccc(N2C(=O)c3cccnc3C2=O)cc1. The van der Waals surface area contributed by atoms with Gasteiger partial charge in [-0.1, -0.05) is 11.8 Å².